The highest BCUT2D eigenvalue weighted by atomic mass is 32.1. The Hall–Kier alpha value is -5.58. The topological polar surface area (TPSA) is 174 Å². The van der Waals surface area contributed by atoms with Crippen molar-refractivity contribution in [2.75, 3.05) is 46.2 Å². The van der Waals surface area contributed by atoms with Crippen LogP contribution in [-0.2, 0) is 39.9 Å². The number of fused-ring (bicyclic) bond motifs is 3. The van der Waals surface area contributed by atoms with Crippen LogP contribution in [0.15, 0.2) is 77.4 Å². The van der Waals surface area contributed by atoms with E-state index < -0.39 is 41.5 Å². The van der Waals surface area contributed by atoms with Crippen LogP contribution in [0, 0.1) is 33.1 Å². The lowest BCUT2D eigenvalue weighted by molar-refractivity contribution is -0.144. The molecule has 0 spiro atoms. The number of nitrogens with zero attached hydrogens (tertiary/aromatic N) is 4. The fourth-order valence-corrected chi connectivity index (χ4v) is 10.3. The molecule has 0 bridgehead atoms. The lowest BCUT2D eigenvalue weighted by Crippen LogP contribution is -2.58. The number of carbonyl (C=O) groups excluding carboxylic acids is 4. The Morgan fingerprint density at radius 2 is 1.58 bits per heavy atom. The molecule has 1 aliphatic carbocycles. The zero-order valence-corrected chi connectivity index (χ0v) is 42.2. The van der Waals surface area contributed by atoms with E-state index in [1.54, 1.807) is 11.3 Å². The van der Waals surface area contributed by atoms with Crippen molar-refractivity contribution < 1.29 is 38.5 Å². The maximum Gasteiger partial charge on any atom is 0.246 e. The number of ketones is 1. The Kier molecular flexibility index (Phi) is 17.0. The van der Waals surface area contributed by atoms with Crippen LogP contribution in [0.1, 0.15) is 116 Å². The van der Waals surface area contributed by atoms with Gasteiger partial charge >= 0.3 is 0 Å². The van der Waals surface area contributed by atoms with E-state index in [1.165, 1.54) is 32.1 Å². The zero-order valence-electron chi connectivity index (χ0n) is 41.4. The zero-order chi connectivity index (χ0) is 49.4. The number of thiophene rings is 1. The molecule has 2 unspecified atom stereocenters. The van der Waals surface area contributed by atoms with Crippen LogP contribution in [0.3, 0.4) is 0 Å². The van der Waals surface area contributed by atoms with Crippen LogP contribution in [0.25, 0.3) is 10.6 Å². The van der Waals surface area contributed by atoms with Crippen LogP contribution in [0.2, 0.25) is 0 Å². The minimum Gasteiger partial charge on any atom is -0.391 e. The SMILES string of the molecule is CC1=C(c2ccc(CNC(=O)[C@@H]3CC(O)CN3C(=O)[C@@H](NC(=O)COCCOCCOCCCC(=O)CC3N=C(c4ccc(C)cc4)c4c(sc(C)c4C)-n4c(C)cnc43)C(C)(C)C)cc2)CC=C1. The molecule has 4 atom stereocenters. The molecule has 69 heavy (non-hydrogen) atoms. The first-order valence-electron chi connectivity index (χ1n) is 24.1. The molecule has 7 rings (SSSR count). The first kappa shape index (κ1) is 51.3. The van der Waals surface area contributed by atoms with Crippen molar-refractivity contribution >= 4 is 46.1 Å². The highest BCUT2D eigenvalue weighted by Gasteiger charge is 2.44. The molecule has 2 aliphatic heterocycles. The summed E-state index contributed by atoms with van der Waals surface area (Å²) in [5.74, 6) is -0.407. The number of aliphatic hydroxyl groups is 1. The lowest BCUT2D eigenvalue weighted by atomic mass is 9.85. The number of Topliss-reactive ketones (excluding diaryl/α,β-unsaturated/α-hetero) is 1. The molecular weight excluding hydrogens is 893 g/mol. The minimum atomic E-state index is -0.965. The summed E-state index contributed by atoms with van der Waals surface area (Å²) in [7, 11) is 0. The molecule has 3 N–H and O–H groups in total. The molecule has 2 aromatic carbocycles. The highest BCUT2D eigenvalue weighted by Crippen LogP contribution is 2.40. The standard InChI is InChI=1S/C54H68N6O8S/c1-33-14-18-40(19-15-33)48-47-36(4)37(5)69-53(47)60-35(3)29-55-50(60)44(57-48)27-41(61)12-10-22-66-23-24-67-25-26-68-32-46(63)58-49(54(6,7)8)52(65)59-31-42(62)28-45(59)51(64)56-30-38-16-20-39(21-17-38)43-13-9-11-34(43)2/h9,11,14-21,29,42,44-45,49,62H,10,12-13,22-28,30-32H2,1-8H3,(H,56,64)(H,58,63)/t42?,44?,45-,49+/m0/s1. The number of benzene rings is 2. The fourth-order valence-electron chi connectivity index (χ4n) is 9.05. The number of aromatic nitrogens is 2. The summed E-state index contributed by atoms with van der Waals surface area (Å²) in [6, 6.07) is 14.2. The molecule has 2 aromatic heterocycles. The van der Waals surface area contributed by atoms with Gasteiger partial charge in [0.25, 0.3) is 0 Å². The maximum absolute atomic E-state index is 14.0. The van der Waals surface area contributed by atoms with Crippen LogP contribution in [0.4, 0.5) is 0 Å². The Labute approximate surface area is 410 Å². The number of nitrogens with one attached hydrogen (secondary N) is 2. The van der Waals surface area contributed by atoms with Gasteiger partial charge in [-0.25, -0.2) is 4.98 Å². The van der Waals surface area contributed by atoms with E-state index in [2.05, 4.69) is 91.4 Å². The van der Waals surface area contributed by atoms with E-state index in [1.807, 2.05) is 46.0 Å². The number of hydrogen-bond donors (Lipinski definition) is 3. The number of likely N-dealkylation sites (tertiary alicyclic amines) is 1. The predicted octanol–water partition coefficient (Wildman–Crippen LogP) is 7.39. The van der Waals surface area contributed by atoms with Crippen molar-refractivity contribution in [3.63, 3.8) is 0 Å². The number of imidazole rings is 1. The van der Waals surface area contributed by atoms with Crippen molar-refractivity contribution in [3.8, 4) is 5.00 Å². The van der Waals surface area contributed by atoms with Crippen LogP contribution >= 0.6 is 11.3 Å². The van der Waals surface area contributed by atoms with E-state index in [0.29, 0.717) is 32.7 Å². The summed E-state index contributed by atoms with van der Waals surface area (Å²) in [5, 5.41) is 17.4. The van der Waals surface area contributed by atoms with Crippen molar-refractivity contribution in [1.82, 2.24) is 25.1 Å². The van der Waals surface area contributed by atoms with Gasteiger partial charge in [0.05, 0.1) is 38.2 Å². The quantitative estimate of drug-likeness (QED) is 0.0720. The molecule has 1 saturated heterocycles. The number of aliphatic hydroxyl groups excluding tert-OH is 1. The van der Waals surface area contributed by atoms with Gasteiger partial charge in [-0.2, -0.15) is 0 Å². The van der Waals surface area contributed by atoms with Crippen LogP contribution < -0.4 is 10.6 Å². The van der Waals surface area contributed by atoms with Gasteiger partial charge in [0, 0.05) is 66.9 Å². The van der Waals surface area contributed by atoms with Gasteiger partial charge in [0.2, 0.25) is 17.7 Å². The number of β-amino-alcohol motifs (C(OH)–C–C–N with tert-alkyl or cyclic N) is 1. The van der Waals surface area contributed by atoms with Gasteiger partial charge in [0.15, 0.2) is 0 Å². The summed E-state index contributed by atoms with van der Waals surface area (Å²) in [6.07, 6.45) is 7.42. The summed E-state index contributed by atoms with van der Waals surface area (Å²) in [6.45, 7) is 17.4. The van der Waals surface area contributed by atoms with Crippen molar-refractivity contribution in [2.24, 2.45) is 10.4 Å². The third-order valence-corrected chi connectivity index (χ3v) is 14.2. The number of carbonyl (C=O) groups is 4. The largest absolute Gasteiger partial charge is 0.391 e. The van der Waals surface area contributed by atoms with E-state index >= 15 is 0 Å². The normalized spacial score (nSPS) is 18.2. The van der Waals surface area contributed by atoms with Gasteiger partial charge in [-0.15, -0.1) is 11.3 Å². The minimum absolute atomic E-state index is 0.0117. The van der Waals surface area contributed by atoms with E-state index in [-0.39, 0.29) is 57.4 Å². The summed E-state index contributed by atoms with van der Waals surface area (Å²) in [5.41, 5.74) is 10.3. The van der Waals surface area contributed by atoms with Crippen LogP contribution in [-0.4, -0.2) is 113 Å². The molecule has 14 nitrogen and oxygen atoms in total. The van der Waals surface area contributed by atoms with Crippen molar-refractivity contribution in [1.29, 1.82) is 0 Å². The molecule has 0 radical (unpaired) electrons. The number of ether oxygens (including phenoxy) is 3. The number of allylic oxidation sites excluding steroid dienone is 4. The van der Waals surface area contributed by atoms with Gasteiger partial charge in [-0.05, 0) is 80.7 Å². The van der Waals surface area contributed by atoms with Crippen molar-refractivity contribution in [2.45, 2.75) is 118 Å². The fraction of sp³-hybridized carbons (Fsp3) is 0.481. The Bertz CT molecular complexity index is 2580. The molecule has 4 aromatic rings. The molecule has 15 heteroatoms. The van der Waals surface area contributed by atoms with Gasteiger partial charge in [-0.3, -0.25) is 28.7 Å². The summed E-state index contributed by atoms with van der Waals surface area (Å²) >= 11 is 1.73. The molecule has 0 saturated carbocycles. The van der Waals surface area contributed by atoms with Crippen molar-refractivity contribution in [3.05, 3.63) is 122 Å². The lowest BCUT2D eigenvalue weighted by Gasteiger charge is -2.35. The Morgan fingerprint density at radius 3 is 2.26 bits per heavy atom. The summed E-state index contributed by atoms with van der Waals surface area (Å²) < 4.78 is 19.1. The number of aliphatic imine (C=N–C) groups is 1. The van der Waals surface area contributed by atoms with E-state index in [4.69, 9.17) is 24.2 Å². The van der Waals surface area contributed by atoms with Crippen LogP contribution in [0.5, 0.6) is 0 Å². The first-order chi connectivity index (χ1) is 33.0. The predicted molar refractivity (Wildman–Crippen MR) is 269 cm³/mol. The average Bonchev–Trinajstić information content (AvgIpc) is 4.08. The van der Waals surface area contributed by atoms with Gasteiger partial charge in [0.1, 0.15) is 41.3 Å². The summed E-state index contributed by atoms with van der Waals surface area (Å²) in [4.78, 5) is 66.6. The number of amides is 3. The maximum atomic E-state index is 14.0. The van der Waals surface area contributed by atoms with E-state index in [0.717, 1.165) is 50.9 Å². The van der Waals surface area contributed by atoms with E-state index in [9.17, 15) is 24.3 Å². The molecule has 3 amide bonds. The van der Waals surface area contributed by atoms with Gasteiger partial charge in [-0.1, -0.05) is 87.0 Å². The molecule has 368 valence electrons. The molecule has 1 fully saturated rings. The molecular formula is C54H68N6O8S. The average molecular weight is 961 g/mol. The second-order valence-electron chi connectivity index (χ2n) is 19.5. The smallest absolute Gasteiger partial charge is 0.246 e. The van der Waals surface area contributed by atoms with Gasteiger partial charge < -0.3 is 34.9 Å². The monoisotopic (exact) mass is 960 g/mol. The first-order valence-corrected chi connectivity index (χ1v) is 24.9. The number of rotatable bonds is 21. The highest BCUT2D eigenvalue weighted by molar-refractivity contribution is 7.15. The Balaban J connectivity index is 0.796. The Morgan fingerprint density at radius 1 is 0.899 bits per heavy atom. The second kappa shape index (κ2) is 22.9. The third-order valence-electron chi connectivity index (χ3n) is 13.0. The second-order valence-corrected chi connectivity index (χ2v) is 20.7. The third kappa shape index (κ3) is 12.6. The molecule has 4 heterocycles. The number of aryl methyl sites for hydroxylation is 3. The number of hydrogen-bond acceptors (Lipinski definition) is 11. The molecule has 3 aliphatic rings.